The Morgan fingerprint density at radius 1 is 1.54 bits per heavy atom. The maximum atomic E-state index is 12.9. The summed E-state index contributed by atoms with van der Waals surface area (Å²) in [5.41, 5.74) is -2.06. The summed E-state index contributed by atoms with van der Waals surface area (Å²) < 4.78 is 37.2. The number of nitrogens with one attached hydrogen (secondary N) is 1. The Kier molecular flexibility index (Phi) is 2.98. The van der Waals surface area contributed by atoms with Crippen molar-refractivity contribution in [3.63, 3.8) is 0 Å². The van der Waals surface area contributed by atoms with Crippen LogP contribution in [-0.2, 0) is 5.88 Å². The maximum absolute atomic E-state index is 12.9. The molecular formula is C7H5ClF3NO. The topological polar surface area (TPSA) is 32.9 Å². The average molecular weight is 212 g/mol. The van der Waals surface area contributed by atoms with Gasteiger partial charge in [-0.2, -0.15) is 0 Å². The molecule has 0 fully saturated rings. The molecule has 0 spiro atoms. The molecule has 0 radical (unpaired) electrons. The number of hydrogen-bond acceptors (Lipinski definition) is 1. The van der Waals surface area contributed by atoms with Gasteiger partial charge >= 0.3 is 0 Å². The molecule has 0 amide bonds. The highest BCUT2D eigenvalue weighted by molar-refractivity contribution is 6.17. The number of aromatic nitrogens is 1. The molecule has 6 heteroatoms. The molecule has 2 nitrogen and oxygen atoms in total. The summed E-state index contributed by atoms with van der Waals surface area (Å²) in [4.78, 5) is 12.5. The van der Waals surface area contributed by atoms with Crippen LogP contribution in [0.4, 0.5) is 13.2 Å². The first-order chi connectivity index (χ1) is 6.07. The number of hydrogen-bond donors (Lipinski definition) is 1. The van der Waals surface area contributed by atoms with Gasteiger partial charge in [-0.1, -0.05) is 0 Å². The summed E-state index contributed by atoms with van der Waals surface area (Å²) in [6.45, 7) is 0. The molecule has 0 aromatic carbocycles. The van der Waals surface area contributed by atoms with E-state index in [0.717, 1.165) is 6.20 Å². The van der Waals surface area contributed by atoms with Gasteiger partial charge in [-0.25, -0.2) is 13.2 Å². The van der Waals surface area contributed by atoms with Crippen molar-refractivity contribution in [3.05, 3.63) is 33.5 Å². The Morgan fingerprint density at radius 3 is 2.62 bits per heavy atom. The van der Waals surface area contributed by atoms with Crippen molar-refractivity contribution in [2.75, 3.05) is 0 Å². The molecule has 0 aliphatic carbocycles. The van der Waals surface area contributed by atoms with Crippen LogP contribution in [0.5, 0.6) is 0 Å². The van der Waals surface area contributed by atoms with Crippen LogP contribution in [0.2, 0.25) is 0 Å². The minimum absolute atomic E-state index is 0.444. The predicted octanol–water partition coefficient (Wildman–Crippen LogP) is 2.19. The van der Waals surface area contributed by atoms with Gasteiger partial charge in [-0.3, -0.25) is 4.79 Å². The second-order valence-corrected chi connectivity index (χ2v) is 2.57. The van der Waals surface area contributed by atoms with E-state index in [2.05, 4.69) is 0 Å². The van der Waals surface area contributed by atoms with Crippen LogP contribution < -0.4 is 5.56 Å². The molecule has 0 aliphatic heterocycles. The second-order valence-electron chi connectivity index (χ2n) is 2.30. The van der Waals surface area contributed by atoms with Crippen LogP contribution in [0.3, 0.4) is 0 Å². The summed E-state index contributed by atoms with van der Waals surface area (Å²) in [6, 6.07) is 0. The van der Waals surface area contributed by atoms with Crippen molar-refractivity contribution in [2.24, 2.45) is 0 Å². The van der Waals surface area contributed by atoms with Gasteiger partial charge in [0, 0.05) is 17.3 Å². The lowest BCUT2D eigenvalue weighted by molar-refractivity contribution is 0.149. The first kappa shape index (κ1) is 10.1. The van der Waals surface area contributed by atoms with E-state index in [0.29, 0.717) is 0 Å². The van der Waals surface area contributed by atoms with Gasteiger partial charge < -0.3 is 4.98 Å². The van der Waals surface area contributed by atoms with Crippen LogP contribution in [0, 0.1) is 5.82 Å². The average Bonchev–Trinajstić information content (AvgIpc) is 2.09. The number of halogens is 4. The zero-order valence-electron chi connectivity index (χ0n) is 6.28. The summed E-state index contributed by atoms with van der Waals surface area (Å²) in [7, 11) is 0. The minimum Gasteiger partial charge on any atom is -0.326 e. The van der Waals surface area contributed by atoms with Gasteiger partial charge in [0.2, 0.25) is 0 Å². The molecule has 0 atom stereocenters. The summed E-state index contributed by atoms with van der Waals surface area (Å²) >= 11 is 5.23. The standard InChI is InChI=1S/C7H5ClF3NO/c8-1-3-4(6(10)11)2-12-7(13)5(3)9/h2,6H,1H2,(H,12,13). The smallest absolute Gasteiger partial charge is 0.284 e. The van der Waals surface area contributed by atoms with Gasteiger partial charge in [0.1, 0.15) is 0 Å². The van der Waals surface area contributed by atoms with Crippen molar-refractivity contribution >= 4 is 11.6 Å². The van der Waals surface area contributed by atoms with Gasteiger partial charge in [-0.15, -0.1) is 11.6 Å². The Bertz CT molecular complexity index is 363. The first-order valence-electron chi connectivity index (χ1n) is 3.32. The Labute approximate surface area is 76.3 Å². The van der Waals surface area contributed by atoms with E-state index in [1.807, 2.05) is 4.98 Å². The van der Waals surface area contributed by atoms with Crippen LogP contribution in [0.25, 0.3) is 0 Å². The predicted molar refractivity (Wildman–Crippen MR) is 41.5 cm³/mol. The molecule has 0 saturated carbocycles. The molecule has 1 rings (SSSR count). The molecule has 1 heterocycles. The van der Waals surface area contributed by atoms with Crippen LogP contribution in [0.1, 0.15) is 17.6 Å². The van der Waals surface area contributed by atoms with Gasteiger partial charge in [-0.05, 0) is 0 Å². The van der Waals surface area contributed by atoms with E-state index in [9.17, 15) is 18.0 Å². The van der Waals surface area contributed by atoms with Crippen molar-refractivity contribution < 1.29 is 13.2 Å². The first-order valence-corrected chi connectivity index (χ1v) is 3.85. The summed E-state index contributed by atoms with van der Waals surface area (Å²) in [5, 5.41) is 0. The van der Waals surface area contributed by atoms with Gasteiger partial charge in [0.25, 0.3) is 12.0 Å². The Morgan fingerprint density at radius 2 is 2.15 bits per heavy atom. The lowest BCUT2D eigenvalue weighted by atomic mass is 10.1. The fourth-order valence-electron chi connectivity index (χ4n) is 0.888. The zero-order chi connectivity index (χ0) is 10.0. The highest BCUT2D eigenvalue weighted by atomic mass is 35.5. The highest BCUT2D eigenvalue weighted by Gasteiger charge is 2.17. The Hall–Kier alpha value is -0.970. The Balaban J connectivity index is 3.38. The molecule has 1 aromatic heterocycles. The number of alkyl halides is 3. The third-order valence-electron chi connectivity index (χ3n) is 1.54. The van der Waals surface area contributed by atoms with E-state index >= 15 is 0 Å². The van der Waals surface area contributed by atoms with Crippen molar-refractivity contribution in [2.45, 2.75) is 12.3 Å². The van der Waals surface area contributed by atoms with E-state index < -0.39 is 34.8 Å². The number of rotatable bonds is 2. The summed E-state index contributed by atoms with van der Waals surface area (Å²) in [5.74, 6) is -1.69. The molecular weight excluding hydrogens is 207 g/mol. The van der Waals surface area contributed by atoms with Crippen molar-refractivity contribution in [1.82, 2.24) is 4.98 Å². The molecule has 13 heavy (non-hydrogen) atoms. The largest absolute Gasteiger partial charge is 0.326 e. The van der Waals surface area contributed by atoms with E-state index in [1.54, 1.807) is 0 Å². The maximum Gasteiger partial charge on any atom is 0.284 e. The van der Waals surface area contributed by atoms with Crippen molar-refractivity contribution in [3.8, 4) is 0 Å². The van der Waals surface area contributed by atoms with E-state index in [-0.39, 0.29) is 0 Å². The molecule has 72 valence electrons. The van der Waals surface area contributed by atoms with Gasteiger partial charge in [0.15, 0.2) is 5.82 Å². The quantitative estimate of drug-likeness (QED) is 0.748. The molecule has 1 N–H and O–H groups in total. The van der Waals surface area contributed by atoms with Crippen molar-refractivity contribution in [1.29, 1.82) is 0 Å². The lowest BCUT2D eigenvalue weighted by Crippen LogP contribution is -2.15. The minimum atomic E-state index is -2.85. The van der Waals surface area contributed by atoms with Crippen LogP contribution >= 0.6 is 11.6 Å². The number of pyridine rings is 1. The third kappa shape index (κ3) is 1.85. The lowest BCUT2D eigenvalue weighted by Gasteiger charge is -2.05. The fraction of sp³-hybridized carbons (Fsp3) is 0.286. The van der Waals surface area contributed by atoms with E-state index in [4.69, 9.17) is 11.6 Å². The zero-order valence-corrected chi connectivity index (χ0v) is 7.04. The molecule has 0 saturated heterocycles. The highest BCUT2D eigenvalue weighted by Crippen LogP contribution is 2.23. The SMILES string of the molecule is O=c1[nH]cc(C(F)F)c(CCl)c1F. The van der Waals surface area contributed by atoms with Gasteiger partial charge in [0.05, 0.1) is 5.88 Å². The number of H-pyrrole nitrogens is 1. The van der Waals surface area contributed by atoms with Crippen LogP contribution in [0.15, 0.2) is 11.0 Å². The number of aromatic amines is 1. The monoisotopic (exact) mass is 211 g/mol. The second kappa shape index (κ2) is 3.83. The molecule has 0 unspecified atom stereocenters. The van der Waals surface area contributed by atoms with E-state index in [1.165, 1.54) is 0 Å². The molecule has 1 aromatic rings. The normalized spacial score (nSPS) is 10.8. The summed E-state index contributed by atoms with van der Waals surface area (Å²) in [6.07, 6.45) is -2.08. The molecule has 0 aliphatic rings. The third-order valence-corrected chi connectivity index (χ3v) is 1.81. The molecule has 0 bridgehead atoms. The van der Waals surface area contributed by atoms with Crippen LogP contribution in [-0.4, -0.2) is 4.98 Å². The fourth-order valence-corrected chi connectivity index (χ4v) is 1.16.